The molecule has 2 aliphatic rings. The maximum Gasteiger partial charge on any atom is 0.0133 e. The van der Waals surface area contributed by atoms with E-state index in [9.17, 15) is 0 Å². The highest BCUT2D eigenvalue weighted by Gasteiger charge is 2.50. The Bertz CT molecular complexity index is 230. The van der Waals surface area contributed by atoms with Gasteiger partial charge in [-0.1, -0.05) is 20.8 Å². The number of hydrogen-bond acceptors (Lipinski definition) is 1. The molecule has 1 unspecified atom stereocenters. The molecule has 0 N–H and O–H groups in total. The molecule has 1 atom stereocenters. The van der Waals surface area contributed by atoms with Crippen LogP contribution in [0.3, 0.4) is 0 Å². The third kappa shape index (κ3) is 1.84. The monoisotopic (exact) mass is 209 g/mol. The van der Waals surface area contributed by atoms with Crippen LogP contribution in [-0.2, 0) is 0 Å². The maximum absolute atomic E-state index is 2.51. The fourth-order valence-corrected chi connectivity index (χ4v) is 3.76. The van der Waals surface area contributed by atoms with E-state index >= 15 is 0 Å². The standard InChI is InChI=1S/C14H27N/c1-11-14(10-15(11)5)8-6-12(7-9-14)13(2,3)4/h11-12H,6-10H2,1-5H3. The van der Waals surface area contributed by atoms with Gasteiger partial charge in [0.2, 0.25) is 0 Å². The molecule has 1 nitrogen and oxygen atoms in total. The highest BCUT2D eigenvalue weighted by atomic mass is 15.2. The van der Waals surface area contributed by atoms with E-state index in [-0.39, 0.29) is 0 Å². The largest absolute Gasteiger partial charge is 0.302 e. The van der Waals surface area contributed by atoms with Crippen LogP contribution in [0.2, 0.25) is 0 Å². The fourth-order valence-electron chi connectivity index (χ4n) is 3.76. The highest BCUT2D eigenvalue weighted by molar-refractivity contribution is 5.03. The summed E-state index contributed by atoms with van der Waals surface area (Å²) in [6, 6.07) is 0.832. The molecule has 2 fully saturated rings. The Labute approximate surface area is 95.2 Å². The molecular formula is C14H27N. The summed E-state index contributed by atoms with van der Waals surface area (Å²) < 4.78 is 0. The van der Waals surface area contributed by atoms with E-state index in [2.05, 4.69) is 39.6 Å². The number of rotatable bonds is 0. The lowest BCUT2D eigenvalue weighted by Gasteiger charge is -2.59. The van der Waals surface area contributed by atoms with E-state index in [1.165, 1.54) is 32.2 Å². The van der Waals surface area contributed by atoms with Gasteiger partial charge in [0.05, 0.1) is 0 Å². The minimum atomic E-state index is 0.528. The van der Waals surface area contributed by atoms with Crippen LogP contribution in [0.5, 0.6) is 0 Å². The number of likely N-dealkylation sites (tertiary alicyclic amines) is 1. The summed E-state index contributed by atoms with van der Waals surface area (Å²) in [6.45, 7) is 11.0. The first-order chi connectivity index (χ1) is 6.85. The highest BCUT2D eigenvalue weighted by Crippen LogP contribution is 2.52. The zero-order valence-corrected chi connectivity index (χ0v) is 11.1. The van der Waals surface area contributed by atoms with Crippen LogP contribution < -0.4 is 0 Å². The Balaban J connectivity index is 1.93. The maximum atomic E-state index is 2.51. The molecule has 0 amide bonds. The molecule has 1 aliphatic carbocycles. The summed E-state index contributed by atoms with van der Waals surface area (Å²) in [6.07, 6.45) is 5.87. The molecule has 1 heteroatoms. The molecule has 1 spiro atoms. The van der Waals surface area contributed by atoms with Crippen molar-refractivity contribution in [3.8, 4) is 0 Å². The molecular weight excluding hydrogens is 182 g/mol. The minimum absolute atomic E-state index is 0.528. The third-order valence-corrected chi connectivity index (χ3v) is 5.32. The summed E-state index contributed by atoms with van der Waals surface area (Å²) in [4.78, 5) is 2.51. The third-order valence-electron chi connectivity index (χ3n) is 5.32. The van der Waals surface area contributed by atoms with Crippen molar-refractivity contribution in [1.29, 1.82) is 0 Å². The van der Waals surface area contributed by atoms with Gasteiger partial charge in [0, 0.05) is 12.6 Å². The van der Waals surface area contributed by atoms with Crippen molar-refractivity contribution in [2.24, 2.45) is 16.7 Å². The fraction of sp³-hybridized carbons (Fsp3) is 1.00. The van der Waals surface area contributed by atoms with Crippen LogP contribution >= 0.6 is 0 Å². The van der Waals surface area contributed by atoms with Crippen molar-refractivity contribution in [3.05, 3.63) is 0 Å². The van der Waals surface area contributed by atoms with Gasteiger partial charge < -0.3 is 4.90 Å². The predicted molar refractivity (Wildman–Crippen MR) is 65.9 cm³/mol. The molecule has 0 aromatic carbocycles. The van der Waals surface area contributed by atoms with Gasteiger partial charge in [-0.15, -0.1) is 0 Å². The van der Waals surface area contributed by atoms with E-state index < -0.39 is 0 Å². The molecule has 1 aliphatic heterocycles. The van der Waals surface area contributed by atoms with E-state index in [1.807, 2.05) is 0 Å². The first-order valence-corrected chi connectivity index (χ1v) is 6.55. The lowest BCUT2D eigenvalue weighted by Crippen LogP contribution is -2.62. The SMILES string of the molecule is CC1N(C)CC12CCC(C(C)(C)C)CC2. The molecule has 2 rings (SSSR count). The van der Waals surface area contributed by atoms with Gasteiger partial charge in [0.15, 0.2) is 0 Å². The molecule has 15 heavy (non-hydrogen) atoms. The van der Waals surface area contributed by atoms with Crippen LogP contribution in [0.25, 0.3) is 0 Å². The molecule has 1 saturated heterocycles. The Kier molecular flexibility index (Phi) is 2.65. The van der Waals surface area contributed by atoms with Crippen molar-refractivity contribution >= 4 is 0 Å². The molecule has 0 radical (unpaired) electrons. The van der Waals surface area contributed by atoms with Crippen LogP contribution in [0.1, 0.15) is 53.4 Å². The van der Waals surface area contributed by atoms with E-state index in [0.717, 1.165) is 12.0 Å². The van der Waals surface area contributed by atoms with Crippen molar-refractivity contribution in [1.82, 2.24) is 4.90 Å². The van der Waals surface area contributed by atoms with Gasteiger partial charge in [-0.3, -0.25) is 0 Å². The first kappa shape index (κ1) is 11.4. The van der Waals surface area contributed by atoms with Gasteiger partial charge in [-0.2, -0.15) is 0 Å². The van der Waals surface area contributed by atoms with Gasteiger partial charge in [0.25, 0.3) is 0 Å². The zero-order valence-electron chi connectivity index (χ0n) is 11.1. The van der Waals surface area contributed by atoms with E-state index in [0.29, 0.717) is 10.8 Å². The van der Waals surface area contributed by atoms with Gasteiger partial charge in [-0.25, -0.2) is 0 Å². The van der Waals surface area contributed by atoms with Crippen LogP contribution in [-0.4, -0.2) is 24.5 Å². The molecule has 1 heterocycles. The number of hydrogen-bond donors (Lipinski definition) is 0. The second kappa shape index (κ2) is 3.48. The van der Waals surface area contributed by atoms with Crippen LogP contribution in [0.4, 0.5) is 0 Å². The van der Waals surface area contributed by atoms with Crippen molar-refractivity contribution < 1.29 is 0 Å². The number of nitrogens with zero attached hydrogens (tertiary/aromatic N) is 1. The summed E-state index contributed by atoms with van der Waals surface area (Å²) in [7, 11) is 2.27. The van der Waals surface area contributed by atoms with Crippen molar-refractivity contribution in [3.63, 3.8) is 0 Å². The van der Waals surface area contributed by atoms with E-state index in [1.54, 1.807) is 0 Å². The lowest BCUT2D eigenvalue weighted by molar-refractivity contribution is -0.0877. The lowest BCUT2D eigenvalue weighted by atomic mass is 9.58. The predicted octanol–water partition coefficient (Wildman–Crippen LogP) is 3.54. The summed E-state index contributed by atoms with van der Waals surface area (Å²) in [5.74, 6) is 0.959. The van der Waals surface area contributed by atoms with Gasteiger partial charge in [0.1, 0.15) is 0 Å². The second-order valence-corrected chi connectivity index (χ2v) is 7.09. The second-order valence-electron chi connectivity index (χ2n) is 7.09. The molecule has 0 bridgehead atoms. The minimum Gasteiger partial charge on any atom is -0.302 e. The van der Waals surface area contributed by atoms with Crippen LogP contribution in [0, 0.1) is 16.7 Å². The summed E-state index contributed by atoms with van der Waals surface area (Å²) in [5, 5.41) is 0. The topological polar surface area (TPSA) is 3.24 Å². The summed E-state index contributed by atoms with van der Waals surface area (Å²) in [5.41, 5.74) is 1.23. The van der Waals surface area contributed by atoms with E-state index in [4.69, 9.17) is 0 Å². The molecule has 88 valence electrons. The Morgan fingerprint density at radius 1 is 1.13 bits per heavy atom. The van der Waals surface area contributed by atoms with Gasteiger partial charge in [-0.05, 0) is 56.4 Å². The first-order valence-electron chi connectivity index (χ1n) is 6.55. The Morgan fingerprint density at radius 3 is 2.00 bits per heavy atom. The normalized spacial score (nSPS) is 43.0. The Hall–Kier alpha value is -0.0400. The van der Waals surface area contributed by atoms with Crippen LogP contribution in [0.15, 0.2) is 0 Å². The zero-order chi connectivity index (χ0) is 11.3. The van der Waals surface area contributed by atoms with Crippen molar-refractivity contribution in [2.75, 3.05) is 13.6 Å². The Morgan fingerprint density at radius 2 is 1.67 bits per heavy atom. The average molecular weight is 209 g/mol. The molecule has 0 aromatic heterocycles. The smallest absolute Gasteiger partial charge is 0.0133 e. The molecule has 0 aromatic rings. The molecule has 1 saturated carbocycles. The van der Waals surface area contributed by atoms with Crippen molar-refractivity contribution in [2.45, 2.75) is 59.4 Å². The van der Waals surface area contributed by atoms with Gasteiger partial charge >= 0.3 is 0 Å². The summed E-state index contributed by atoms with van der Waals surface area (Å²) >= 11 is 0. The quantitative estimate of drug-likeness (QED) is 0.590. The average Bonchev–Trinajstić information content (AvgIpc) is 2.17.